The van der Waals surface area contributed by atoms with Gasteiger partial charge in [-0.05, 0) is 27.2 Å². The van der Waals surface area contributed by atoms with Crippen LogP contribution < -0.4 is 0 Å². The molecular weight excluding hydrogens is 450 g/mol. The van der Waals surface area contributed by atoms with Crippen molar-refractivity contribution < 1.29 is 19.0 Å². The Morgan fingerprint density at radius 1 is 0.972 bits per heavy atom. The Morgan fingerprint density at radius 3 is 2.00 bits per heavy atom. The van der Waals surface area contributed by atoms with Gasteiger partial charge in [-0.3, -0.25) is 4.99 Å². The number of carbonyl (C=O) groups is 1. The van der Waals surface area contributed by atoms with E-state index in [0.29, 0.717) is 26.1 Å². The van der Waals surface area contributed by atoms with Gasteiger partial charge in [0.15, 0.2) is 11.8 Å². The molecule has 5 nitrogen and oxygen atoms in total. The molecule has 2 aromatic carbocycles. The molecule has 0 saturated carbocycles. The van der Waals surface area contributed by atoms with Gasteiger partial charge in [-0.25, -0.2) is 4.79 Å². The summed E-state index contributed by atoms with van der Waals surface area (Å²) in [5, 5.41) is 0. The van der Waals surface area contributed by atoms with Gasteiger partial charge in [0.05, 0.1) is 18.9 Å². The monoisotopic (exact) mass is 489 g/mol. The molecule has 5 heteroatoms. The fourth-order valence-electron chi connectivity index (χ4n) is 4.50. The predicted molar refractivity (Wildman–Crippen MR) is 143 cm³/mol. The summed E-state index contributed by atoms with van der Waals surface area (Å²) in [4.78, 5) is 18.4. The highest BCUT2D eigenvalue weighted by Crippen LogP contribution is 2.39. The van der Waals surface area contributed by atoms with Crippen molar-refractivity contribution in [1.82, 2.24) is 0 Å². The molecule has 1 fully saturated rings. The Morgan fingerprint density at radius 2 is 1.53 bits per heavy atom. The molecule has 0 radical (unpaired) electrons. The Hall–Kier alpha value is -2.76. The summed E-state index contributed by atoms with van der Waals surface area (Å²) in [5.41, 5.74) is 3.38. The zero-order valence-corrected chi connectivity index (χ0v) is 22.3. The van der Waals surface area contributed by atoms with E-state index in [1.807, 2.05) is 81.4 Å². The number of rotatable bonds is 6. The Kier molecular flexibility index (Phi) is 7.82. The van der Waals surface area contributed by atoms with Gasteiger partial charge in [0, 0.05) is 35.8 Å². The first-order valence-corrected chi connectivity index (χ1v) is 12.9. The van der Waals surface area contributed by atoms with Crippen LogP contribution in [0.5, 0.6) is 0 Å². The maximum Gasteiger partial charge on any atom is 0.331 e. The number of ether oxygens (including phenoxy) is 3. The molecule has 2 aliphatic rings. The molecule has 4 rings (SSSR count). The molecule has 0 amide bonds. The van der Waals surface area contributed by atoms with E-state index in [2.05, 4.69) is 19.9 Å². The van der Waals surface area contributed by atoms with E-state index in [4.69, 9.17) is 19.2 Å². The fraction of sp³-hybridized carbons (Fsp3) is 0.484. The first-order chi connectivity index (χ1) is 17.0. The average Bonchev–Trinajstić information content (AvgIpc) is 2.85. The lowest BCUT2D eigenvalue weighted by molar-refractivity contribution is -0.301. The zero-order valence-electron chi connectivity index (χ0n) is 22.3. The first kappa shape index (κ1) is 26.3. The van der Waals surface area contributed by atoms with E-state index < -0.39 is 17.4 Å². The van der Waals surface area contributed by atoms with E-state index in [-0.39, 0.29) is 11.4 Å². The Balaban J connectivity index is 1.62. The third-order valence-electron chi connectivity index (χ3n) is 6.49. The van der Waals surface area contributed by atoms with E-state index in [0.717, 1.165) is 29.7 Å². The summed E-state index contributed by atoms with van der Waals surface area (Å²) in [5.74, 6) is -0.844. The minimum Gasteiger partial charge on any atom is -0.458 e. The standard InChI is InChI=1S/C31H39NO4/c1-29(2,3)36-28(33)26(20-23-16-18-31(19-17-23)34-21-30(4,5)22-35-31)32-27(24-12-8-6-9-13-24)25-14-10-7-11-15-25/h6-16,26H,17-22H2,1-5H3/t26-/m0/s1. The maximum atomic E-state index is 13.4. The van der Waals surface area contributed by atoms with Crippen molar-refractivity contribution in [3.63, 3.8) is 0 Å². The average molecular weight is 490 g/mol. The highest BCUT2D eigenvalue weighted by Gasteiger charge is 2.41. The second kappa shape index (κ2) is 10.7. The topological polar surface area (TPSA) is 57.1 Å². The molecule has 1 saturated heterocycles. The van der Waals surface area contributed by atoms with Crippen molar-refractivity contribution in [2.75, 3.05) is 13.2 Å². The van der Waals surface area contributed by atoms with Gasteiger partial charge in [0.2, 0.25) is 0 Å². The second-order valence-electron chi connectivity index (χ2n) is 11.7. The zero-order chi connectivity index (χ0) is 25.8. The molecule has 2 aromatic rings. The molecule has 36 heavy (non-hydrogen) atoms. The summed E-state index contributed by atoms with van der Waals surface area (Å²) in [6.07, 6.45) is 4.97. The lowest BCUT2D eigenvalue weighted by Gasteiger charge is -2.45. The van der Waals surface area contributed by atoms with Crippen molar-refractivity contribution in [1.29, 1.82) is 0 Å². The van der Waals surface area contributed by atoms with Gasteiger partial charge in [-0.15, -0.1) is 0 Å². The third kappa shape index (κ3) is 6.92. The van der Waals surface area contributed by atoms with Crippen molar-refractivity contribution in [2.24, 2.45) is 10.4 Å². The molecule has 1 heterocycles. The summed E-state index contributed by atoms with van der Waals surface area (Å²) in [6.45, 7) is 11.4. The highest BCUT2D eigenvalue weighted by molar-refractivity contribution is 6.13. The van der Waals surface area contributed by atoms with Crippen molar-refractivity contribution in [3.8, 4) is 0 Å². The Bertz CT molecular complexity index is 1040. The van der Waals surface area contributed by atoms with Gasteiger partial charge >= 0.3 is 5.97 Å². The number of nitrogens with zero attached hydrogens (tertiary/aromatic N) is 1. The molecule has 1 atom stereocenters. The van der Waals surface area contributed by atoms with E-state index in [1.54, 1.807) is 0 Å². The molecule has 0 unspecified atom stereocenters. The van der Waals surface area contributed by atoms with Crippen LogP contribution in [0.3, 0.4) is 0 Å². The van der Waals surface area contributed by atoms with Crippen LogP contribution in [0.1, 0.15) is 71.4 Å². The number of hydrogen-bond acceptors (Lipinski definition) is 5. The first-order valence-electron chi connectivity index (χ1n) is 12.9. The lowest BCUT2D eigenvalue weighted by Crippen LogP contribution is -2.48. The van der Waals surface area contributed by atoms with Gasteiger partial charge < -0.3 is 14.2 Å². The van der Waals surface area contributed by atoms with Crippen LogP contribution in [0.25, 0.3) is 0 Å². The van der Waals surface area contributed by atoms with Gasteiger partial charge in [0.1, 0.15) is 5.60 Å². The number of carbonyl (C=O) groups excluding carboxylic acids is 1. The molecule has 192 valence electrons. The van der Waals surface area contributed by atoms with Crippen molar-refractivity contribution >= 4 is 11.7 Å². The normalized spacial score (nSPS) is 19.8. The second-order valence-corrected chi connectivity index (χ2v) is 11.7. The number of esters is 1. The van der Waals surface area contributed by atoms with Crippen LogP contribution in [-0.2, 0) is 19.0 Å². The van der Waals surface area contributed by atoms with Gasteiger partial charge in [-0.1, -0.05) is 86.2 Å². The minimum atomic E-state index is -0.646. The smallest absolute Gasteiger partial charge is 0.331 e. The summed E-state index contributed by atoms with van der Waals surface area (Å²) in [6, 6.07) is 19.4. The van der Waals surface area contributed by atoms with E-state index in [9.17, 15) is 4.79 Å². The summed E-state index contributed by atoms with van der Waals surface area (Å²) < 4.78 is 18.2. The van der Waals surface area contributed by atoms with Crippen LogP contribution in [-0.4, -0.2) is 42.3 Å². The molecule has 1 aliphatic heterocycles. The SMILES string of the molecule is CC1(C)COC2(CC=C(C[C@H](N=C(c3ccccc3)c3ccccc3)C(=O)OC(C)(C)C)CC2)OC1. The quantitative estimate of drug-likeness (QED) is 0.264. The molecule has 0 aromatic heterocycles. The van der Waals surface area contributed by atoms with Gasteiger partial charge in [-0.2, -0.15) is 0 Å². The number of aliphatic imine (C=N–C) groups is 1. The summed E-state index contributed by atoms with van der Waals surface area (Å²) in [7, 11) is 0. The van der Waals surface area contributed by atoms with Crippen LogP contribution in [0, 0.1) is 5.41 Å². The predicted octanol–water partition coefficient (Wildman–Crippen LogP) is 6.50. The van der Waals surface area contributed by atoms with Crippen molar-refractivity contribution in [2.45, 2.75) is 77.7 Å². The molecular formula is C31H39NO4. The molecule has 1 spiro atoms. The van der Waals surface area contributed by atoms with Crippen LogP contribution in [0.4, 0.5) is 0 Å². The number of hydrogen-bond donors (Lipinski definition) is 0. The van der Waals surface area contributed by atoms with Crippen LogP contribution >= 0.6 is 0 Å². The van der Waals surface area contributed by atoms with Crippen molar-refractivity contribution in [3.05, 3.63) is 83.4 Å². The van der Waals surface area contributed by atoms with Crippen LogP contribution in [0.2, 0.25) is 0 Å². The lowest BCUT2D eigenvalue weighted by atomic mass is 9.87. The largest absolute Gasteiger partial charge is 0.458 e. The van der Waals surface area contributed by atoms with Crippen LogP contribution in [0.15, 0.2) is 77.3 Å². The molecule has 1 aliphatic carbocycles. The fourth-order valence-corrected chi connectivity index (χ4v) is 4.50. The number of benzene rings is 2. The Labute approximate surface area is 215 Å². The van der Waals surface area contributed by atoms with E-state index in [1.165, 1.54) is 5.57 Å². The minimum absolute atomic E-state index is 0.0387. The maximum absolute atomic E-state index is 13.4. The van der Waals surface area contributed by atoms with E-state index >= 15 is 0 Å². The third-order valence-corrected chi connectivity index (χ3v) is 6.49. The highest BCUT2D eigenvalue weighted by atomic mass is 16.7. The molecule has 0 N–H and O–H groups in total. The van der Waals surface area contributed by atoms with Gasteiger partial charge in [0.25, 0.3) is 0 Å². The summed E-state index contributed by atoms with van der Waals surface area (Å²) >= 11 is 0. The molecule has 0 bridgehead atoms.